The highest BCUT2D eigenvalue weighted by Crippen LogP contribution is 2.10. The lowest BCUT2D eigenvalue weighted by atomic mass is 10.1. The second-order valence-electron chi connectivity index (χ2n) is 6.26. The van der Waals surface area contributed by atoms with Crippen LogP contribution in [0.4, 0.5) is 0 Å². The maximum absolute atomic E-state index is 12.5. The first-order valence-electron chi connectivity index (χ1n) is 8.50. The Hall–Kier alpha value is -1.55. The molecule has 1 aliphatic rings. The van der Waals surface area contributed by atoms with E-state index in [-0.39, 0.29) is 18.2 Å². The number of thioether (sulfide) groups is 1. The Balaban J connectivity index is 2.90. The van der Waals surface area contributed by atoms with Crippen molar-refractivity contribution >= 4 is 45.6 Å². The predicted molar refractivity (Wildman–Crippen MR) is 101 cm³/mol. The van der Waals surface area contributed by atoms with Gasteiger partial charge in [-0.05, 0) is 37.7 Å². The largest absolute Gasteiger partial charge is 0.368 e. The number of nitrogens with two attached hydrogens (primary N) is 1. The van der Waals surface area contributed by atoms with Crippen molar-refractivity contribution in [2.75, 3.05) is 18.6 Å². The van der Waals surface area contributed by atoms with Crippen LogP contribution in [0, 0.1) is 0 Å². The number of carbonyl (C=O) groups excluding carboxylic acids is 4. The monoisotopic (exact) mass is 388 g/mol. The van der Waals surface area contributed by atoms with E-state index in [0.717, 1.165) is 0 Å². The van der Waals surface area contributed by atoms with Crippen molar-refractivity contribution in [2.24, 2.45) is 5.73 Å². The molecule has 0 saturated carbocycles. The quantitative estimate of drug-likeness (QED) is 0.415. The molecule has 0 bridgehead atoms. The van der Waals surface area contributed by atoms with Crippen LogP contribution in [0.2, 0.25) is 5.54 Å². The van der Waals surface area contributed by atoms with Gasteiger partial charge in [-0.2, -0.15) is 11.8 Å². The lowest BCUT2D eigenvalue weighted by Crippen LogP contribution is -2.53. The van der Waals surface area contributed by atoms with E-state index in [1.54, 1.807) is 11.8 Å². The average Bonchev–Trinajstić information content (AvgIpc) is 2.55. The molecule has 1 rings (SSSR count). The van der Waals surface area contributed by atoms with Gasteiger partial charge < -0.3 is 21.7 Å². The van der Waals surface area contributed by atoms with Gasteiger partial charge in [-0.25, -0.2) is 0 Å². The molecular formula is C15H28N4O4SSi. The molecule has 10 heteroatoms. The predicted octanol–water partition coefficient (Wildman–Crippen LogP) is -1.96. The molecule has 4 amide bonds. The first kappa shape index (κ1) is 21.5. The second-order valence-corrected chi connectivity index (χ2v) is 8.64. The summed E-state index contributed by atoms with van der Waals surface area (Å²) >= 11 is 1.56. The zero-order valence-corrected chi connectivity index (χ0v) is 17.6. The van der Waals surface area contributed by atoms with Crippen molar-refractivity contribution in [3.05, 3.63) is 0 Å². The van der Waals surface area contributed by atoms with Crippen molar-refractivity contribution in [2.45, 2.75) is 49.7 Å². The summed E-state index contributed by atoms with van der Waals surface area (Å²) in [6.45, 7) is 0.477. The normalized spacial score (nSPS) is 26.9. The fourth-order valence-electron chi connectivity index (χ4n) is 2.52. The third kappa shape index (κ3) is 7.91. The van der Waals surface area contributed by atoms with Gasteiger partial charge in [0, 0.05) is 28.7 Å². The summed E-state index contributed by atoms with van der Waals surface area (Å²) in [5, 5.41) is 8.17. The molecule has 8 nitrogen and oxygen atoms in total. The van der Waals surface area contributed by atoms with Gasteiger partial charge in [-0.15, -0.1) is 0 Å². The highest BCUT2D eigenvalue weighted by atomic mass is 32.2. The van der Waals surface area contributed by atoms with Crippen LogP contribution in [0.25, 0.3) is 0 Å². The number of hydrogen-bond donors (Lipinski definition) is 4. The Bertz CT molecular complexity index is 506. The van der Waals surface area contributed by atoms with Gasteiger partial charge >= 0.3 is 0 Å². The van der Waals surface area contributed by atoms with E-state index in [1.807, 2.05) is 6.26 Å². The van der Waals surface area contributed by atoms with Crippen LogP contribution < -0.4 is 21.7 Å². The van der Waals surface area contributed by atoms with Crippen molar-refractivity contribution in [3.63, 3.8) is 0 Å². The lowest BCUT2D eigenvalue weighted by molar-refractivity contribution is -0.132. The average molecular weight is 389 g/mol. The minimum atomic E-state index is -0.772. The van der Waals surface area contributed by atoms with Crippen LogP contribution >= 0.6 is 11.8 Å². The number of rotatable bonds is 4. The first-order chi connectivity index (χ1) is 11.8. The summed E-state index contributed by atoms with van der Waals surface area (Å²) in [6, 6.07) is -1.50. The van der Waals surface area contributed by atoms with E-state index in [2.05, 4.69) is 16.0 Å². The molecule has 1 saturated heterocycles. The van der Waals surface area contributed by atoms with E-state index in [4.69, 9.17) is 5.73 Å². The standard InChI is InChI=1S/C15H28N4O4SSi/c1-24-7-5-10-14(22)18-9(13(16)21)4-2-3-6-17-12(20)8-11(25)15(23)19-10/h9-11H,2-8H2,1,25H3,(H2,16,21)(H,17,20)(H,18,22)(H,19,23)/t9-,10-,11-/m0/s1. The summed E-state index contributed by atoms with van der Waals surface area (Å²) in [4.78, 5) is 48.3. The minimum absolute atomic E-state index is 0.138. The Morgan fingerprint density at radius 1 is 1.24 bits per heavy atom. The fraction of sp³-hybridized carbons (Fsp3) is 0.733. The molecule has 1 heterocycles. The van der Waals surface area contributed by atoms with E-state index in [1.165, 1.54) is 0 Å². The molecule has 1 fully saturated rings. The topological polar surface area (TPSA) is 130 Å². The fourth-order valence-corrected chi connectivity index (χ4v) is 3.53. The minimum Gasteiger partial charge on any atom is -0.368 e. The van der Waals surface area contributed by atoms with Gasteiger partial charge in [0.2, 0.25) is 23.6 Å². The second kappa shape index (κ2) is 11.1. The molecule has 3 atom stereocenters. The highest BCUT2D eigenvalue weighted by molar-refractivity contribution is 7.98. The third-order valence-corrected chi connectivity index (χ3v) is 5.66. The lowest BCUT2D eigenvalue weighted by Gasteiger charge is -2.23. The summed E-state index contributed by atoms with van der Waals surface area (Å²) < 4.78 is 0. The smallest absolute Gasteiger partial charge is 0.243 e. The van der Waals surface area contributed by atoms with Crippen LogP contribution in [0.15, 0.2) is 0 Å². The number of hydrogen-bond acceptors (Lipinski definition) is 5. The van der Waals surface area contributed by atoms with Gasteiger partial charge in [0.1, 0.15) is 12.1 Å². The zero-order chi connectivity index (χ0) is 18.8. The number of amides is 4. The molecule has 0 radical (unpaired) electrons. The van der Waals surface area contributed by atoms with Crippen molar-refractivity contribution in [1.82, 2.24) is 16.0 Å². The van der Waals surface area contributed by atoms with E-state index < -0.39 is 29.4 Å². The molecule has 0 aromatic rings. The molecule has 0 aromatic carbocycles. The van der Waals surface area contributed by atoms with Crippen LogP contribution in [-0.2, 0) is 19.2 Å². The molecule has 0 spiro atoms. The zero-order valence-electron chi connectivity index (χ0n) is 14.8. The summed E-state index contributed by atoms with van der Waals surface area (Å²) in [6.07, 6.45) is 4.24. The molecule has 5 N–H and O–H groups in total. The Labute approximate surface area is 155 Å². The van der Waals surface area contributed by atoms with Crippen LogP contribution in [0.3, 0.4) is 0 Å². The van der Waals surface area contributed by atoms with E-state index in [0.29, 0.717) is 48.2 Å². The van der Waals surface area contributed by atoms with Gasteiger partial charge in [0.15, 0.2) is 0 Å². The summed E-state index contributed by atoms with van der Waals surface area (Å²) in [5.41, 5.74) is 4.97. The van der Waals surface area contributed by atoms with Gasteiger partial charge in [0.05, 0.1) is 0 Å². The van der Waals surface area contributed by atoms with Crippen molar-refractivity contribution < 1.29 is 19.2 Å². The SMILES string of the molecule is CSCC[C@@H]1NC(=O)[C@@H]([SiH3])CC(=O)NCCCC[C@@H](C(N)=O)NC1=O. The summed E-state index contributed by atoms with van der Waals surface area (Å²) in [7, 11) is 0.511. The third-order valence-electron chi connectivity index (χ3n) is 4.08. The molecule has 0 aromatic heterocycles. The molecular weight excluding hydrogens is 360 g/mol. The molecule has 25 heavy (non-hydrogen) atoms. The van der Waals surface area contributed by atoms with E-state index >= 15 is 0 Å². The Kier molecular flexibility index (Phi) is 9.57. The van der Waals surface area contributed by atoms with Crippen LogP contribution in [0.1, 0.15) is 32.1 Å². The van der Waals surface area contributed by atoms with Crippen LogP contribution in [0.5, 0.6) is 0 Å². The Morgan fingerprint density at radius 3 is 2.60 bits per heavy atom. The number of primary amides is 1. The van der Waals surface area contributed by atoms with Crippen molar-refractivity contribution in [3.8, 4) is 0 Å². The molecule has 142 valence electrons. The highest BCUT2D eigenvalue weighted by Gasteiger charge is 2.27. The van der Waals surface area contributed by atoms with Gasteiger partial charge in [-0.3, -0.25) is 19.2 Å². The first-order valence-corrected chi connectivity index (χ1v) is 11.1. The number of nitrogens with one attached hydrogen (secondary N) is 3. The molecule has 0 aliphatic carbocycles. The van der Waals surface area contributed by atoms with Gasteiger partial charge in [-0.1, -0.05) is 0 Å². The van der Waals surface area contributed by atoms with Crippen molar-refractivity contribution in [1.29, 1.82) is 0 Å². The Morgan fingerprint density at radius 2 is 1.96 bits per heavy atom. The van der Waals surface area contributed by atoms with E-state index in [9.17, 15) is 19.2 Å². The van der Waals surface area contributed by atoms with Gasteiger partial charge in [0.25, 0.3) is 0 Å². The molecule has 0 unspecified atom stereocenters. The maximum Gasteiger partial charge on any atom is 0.243 e. The van der Waals surface area contributed by atoms with Crippen LogP contribution in [-0.4, -0.2) is 64.5 Å². The number of carbonyl (C=O) groups is 4. The summed E-state index contributed by atoms with van der Waals surface area (Å²) in [5.74, 6) is -0.771. The molecule has 1 aliphatic heterocycles. The maximum atomic E-state index is 12.5.